The first-order valence-electron chi connectivity index (χ1n) is 9.85. The summed E-state index contributed by atoms with van der Waals surface area (Å²) >= 11 is 0. The highest BCUT2D eigenvalue weighted by Gasteiger charge is 2.25. The van der Waals surface area contributed by atoms with Crippen molar-refractivity contribution in [3.8, 4) is 0 Å². The molecular formula is C23H29N3O3. The van der Waals surface area contributed by atoms with Gasteiger partial charge in [0.25, 0.3) is 5.91 Å². The first kappa shape index (κ1) is 22.1. The van der Waals surface area contributed by atoms with Crippen LogP contribution in [0.2, 0.25) is 0 Å². The standard InChI is InChI=1S/C23H29N3O3/c1-5-17-11-7-9-13-19(17)25-20(27)14-24-23(29)21(15(2)3)26-22(28)18-12-8-6-10-16(18)4/h6-13,15,21H,5,14H2,1-4H3,(H,24,29)(H,25,27)(H,26,28). The highest BCUT2D eigenvalue weighted by Crippen LogP contribution is 2.15. The summed E-state index contributed by atoms with van der Waals surface area (Å²) < 4.78 is 0. The van der Waals surface area contributed by atoms with Crippen molar-refractivity contribution < 1.29 is 14.4 Å². The molecule has 1 atom stereocenters. The van der Waals surface area contributed by atoms with Crippen LogP contribution in [0.3, 0.4) is 0 Å². The maximum Gasteiger partial charge on any atom is 0.252 e. The molecule has 0 aliphatic carbocycles. The molecule has 6 nitrogen and oxygen atoms in total. The molecular weight excluding hydrogens is 366 g/mol. The summed E-state index contributed by atoms with van der Waals surface area (Å²) in [5, 5.41) is 8.23. The number of nitrogens with one attached hydrogen (secondary N) is 3. The normalized spacial score (nSPS) is 11.6. The Hall–Kier alpha value is -3.15. The van der Waals surface area contributed by atoms with Crippen LogP contribution in [0.15, 0.2) is 48.5 Å². The van der Waals surface area contributed by atoms with Crippen LogP contribution < -0.4 is 16.0 Å². The van der Waals surface area contributed by atoms with Crippen LogP contribution in [-0.2, 0) is 16.0 Å². The van der Waals surface area contributed by atoms with Gasteiger partial charge >= 0.3 is 0 Å². The van der Waals surface area contributed by atoms with Crippen LogP contribution in [-0.4, -0.2) is 30.3 Å². The van der Waals surface area contributed by atoms with Gasteiger partial charge in [0.15, 0.2) is 0 Å². The van der Waals surface area contributed by atoms with Crippen molar-refractivity contribution in [2.24, 2.45) is 5.92 Å². The fourth-order valence-electron chi connectivity index (χ4n) is 3.00. The third-order valence-electron chi connectivity index (χ3n) is 4.72. The van der Waals surface area contributed by atoms with Gasteiger partial charge in [0, 0.05) is 11.3 Å². The number of hydrogen-bond acceptors (Lipinski definition) is 3. The number of benzene rings is 2. The fourth-order valence-corrected chi connectivity index (χ4v) is 3.00. The van der Waals surface area contributed by atoms with Gasteiger partial charge < -0.3 is 16.0 Å². The first-order chi connectivity index (χ1) is 13.8. The van der Waals surface area contributed by atoms with E-state index in [1.54, 1.807) is 12.1 Å². The van der Waals surface area contributed by atoms with Crippen molar-refractivity contribution >= 4 is 23.4 Å². The Morgan fingerprint density at radius 1 is 0.966 bits per heavy atom. The van der Waals surface area contributed by atoms with E-state index in [0.717, 1.165) is 23.2 Å². The maximum atomic E-state index is 12.6. The second kappa shape index (κ2) is 10.4. The lowest BCUT2D eigenvalue weighted by Gasteiger charge is -2.22. The van der Waals surface area contributed by atoms with E-state index in [1.807, 2.05) is 64.1 Å². The molecule has 2 aromatic rings. The lowest BCUT2D eigenvalue weighted by atomic mass is 10.0. The van der Waals surface area contributed by atoms with Gasteiger partial charge in [0.2, 0.25) is 11.8 Å². The van der Waals surface area contributed by atoms with E-state index >= 15 is 0 Å². The monoisotopic (exact) mass is 395 g/mol. The number of anilines is 1. The van der Waals surface area contributed by atoms with Crippen LogP contribution in [0.4, 0.5) is 5.69 Å². The molecule has 29 heavy (non-hydrogen) atoms. The first-order valence-corrected chi connectivity index (χ1v) is 9.85. The maximum absolute atomic E-state index is 12.6. The average molecular weight is 396 g/mol. The van der Waals surface area contributed by atoms with Crippen molar-refractivity contribution in [1.29, 1.82) is 0 Å². The Balaban J connectivity index is 1.96. The summed E-state index contributed by atoms with van der Waals surface area (Å²) in [6.07, 6.45) is 0.795. The van der Waals surface area contributed by atoms with E-state index in [1.165, 1.54) is 0 Å². The van der Waals surface area contributed by atoms with Crippen LogP contribution in [0, 0.1) is 12.8 Å². The molecule has 0 aliphatic heterocycles. The molecule has 3 N–H and O–H groups in total. The summed E-state index contributed by atoms with van der Waals surface area (Å²) in [6, 6.07) is 14.0. The van der Waals surface area contributed by atoms with Crippen molar-refractivity contribution in [1.82, 2.24) is 10.6 Å². The second-order valence-corrected chi connectivity index (χ2v) is 7.29. The Bertz CT molecular complexity index is 877. The molecule has 0 aliphatic rings. The molecule has 1 unspecified atom stereocenters. The van der Waals surface area contributed by atoms with Crippen LogP contribution in [0.5, 0.6) is 0 Å². The minimum absolute atomic E-state index is 0.133. The average Bonchev–Trinajstić information content (AvgIpc) is 2.70. The number of amides is 3. The largest absolute Gasteiger partial charge is 0.345 e. The molecule has 0 fully saturated rings. The Labute approximate surface area is 172 Å². The number of rotatable bonds is 8. The number of para-hydroxylation sites is 1. The third-order valence-corrected chi connectivity index (χ3v) is 4.72. The number of aryl methyl sites for hydroxylation is 2. The molecule has 2 aromatic carbocycles. The predicted octanol–water partition coefficient (Wildman–Crippen LogP) is 3.07. The van der Waals surface area contributed by atoms with E-state index in [9.17, 15) is 14.4 Å². The van der Waals surface area contributed by atoms with Crippen LogP contribution in [0.25, 0.3) is 0 Å². The van der Waals surface area contributed by atoms with Gasteiger partial charge in [-0.3, -0.25) is 14.4 Å². The second-order valence-electron chi connectivity index (χ2n) is 7.29. The van der Waals surface area contributed by atoms with Gasteiger partial charge in [-0.1, -0.05) is 57.2 Å². The summed E-state index contributed by atoms with van der Waals surface area (Å²) in [5.41, 5.74) is 3.13. The van der Waals surface area contributed by atoms with Crippen molar-refractivity contribution in [2.75, 3.05) is 11.9 Å². The number of carbonyl (C=O) groups is 3. The highest BCUT2D eigenvalue weighted by molar-refractivity contribution is 6.00. The van der Waals surface area contributed by atoms with Gasteiger partial charge in [0.1, 0.15) is 6.04 Å². The van der Waals surface area contributed by atoms with Gasteiger partial charge in [0.05, 0.1) is 6.54 Å². The van der Waals surface area contributed by atoms with E-state index in [4.69, 9.17) is 0 Å². The van der Waals surface area contributed by atoms with Gasteiger partial charge in [-0.2, -0.15) is 0 Å². The molecule has 0 aromatic heterocycles. The minimum Gasteiger partial charge on any atom is -0.345 e. The fraction of sp³-hybridized carbons (Fsp3) is 0.348. The third kappa shape index (κ3) is 6.17. The Morgan fingerprint density at radius 3 is 2.28 bits per heavy atom. The van der Waals surface area contributed by atoms with E-state index in [0.29, 0.717) is 5.56 Å². The molecule has 0 bridgehead atoms. The molecule has 0 spiro atoms. The Morgan fingerprint density at radius 2 is 1.62 bits per heavy atom. The SMILES string of the molecule is CCc1ccccc1NC(=O)CNC(=O)C(NC(=O)c1ccccc1C)C(C)C. The molecule has 0 heterocycles. The zero-order chi connectivity index (χ0) is 21.4. The van der Waals surface area contributed by atoms with E-state index < -0.39 is 6.04 Å². The van der Waals surface area contributed by atoms with Crippen molar-refractivity contribution in [3.05, 3.63) is 65.2 Å². The lowest BCUT2D eigenvalue weighted by molar-refractivity contribution is -0.126. The van der Waals surface area contributed by atoms with Crippen LogP contribution >= 0.6 is 0 Å². The quantitative estimate of drug-likeness (QED) is 0.642. The topological polar surface area (TPSA) is 87.3 Å². The molecule has 154 valence electrons. The zero-order valence-electron chi connectivity index (χ0n) is 17.4. The van der Waals surface area contributed by atoms with E-state index in [-0.39, 0.29) is 30.2 Å². The predicted molar refractivity (Wildman–Crippen MR) is 115 cm³/mol. The molecule has 2 rings (SSSR count). The zero-order valence-corrected chi connectivity index (χ0v) is 17.4. The smallest absolute Gasteiger partial charge is 0.252 e. The molecule has 0 saturated heterocycles. The van der Waals surface area contributed by atoms with Crippen molar-refractivity contribution in [2.45, 2.75) is 40.2 Å². The van der Waals surface area contributed by atoms with Gasteiger partial charge in [-0.05, 0) is 42.5 Å². The van der Waals surface area contributed by atoms with E-state index in [2.05, 4.69) is 16.0 Å². The van der Waals surface area contributed by atoms with Gasteiger partial charge in [-0.25, -0.2) is 0 Å². The molecule has 3 amide bonds. The summed E-state index contributed by atoms with van der Waals surface area (Å²) in [5.74, 6) is -1.14. The number of carbonyl (C=O) groups excluding carboxylic acids is 3. The molecule has 0 radical (unpaired) electrons. The lowest BCUT2D eigenvalue weighted by Crippen LogP contribution is -2.51. The highest BCUT2D eigenvalue weighted by atomic mass is 16.2. The Kier molecular flexibility index (Phi) is 7.95. The summed E-state index contributed by atoms with van der Waals surface area (Å²) in [4.78, 5) is 37.4. The molecule has 6 heteroatoms. The van der Waals surface area contributed by atoms with Crippen molar-refractivity contribution in [3.63, 3.8) is 0 Å². The molecule has 0 saturated carbocycles. The minimum atomic E-state index is -0.738. The van der Waals surface area contributed by atoms with Crippen LogP contribution in [0.1, 0.15) is 42.3 Å². The summed E-state index contributed by atoms with van der Waals surface area (Å²) in [6.45, 7) is 7.38. The van der Waals surface area contributed by atoms with Gasteiger partial charge in [-0.15, -0.1) is 0 Å². The number of hydrogen-bond donors (Lipinski definition) is 3. The summed E-state index contributed by atoms with van der Waals surface area (Å²) in [7, 11) is 0.